The number of nitrogens with zero attached hydrogens (tertiary/aromatic N) is 2. The van der Waals surface area contributed by atoms with Crippen molar-refractivity contribution in [3.63, 3.8) is 0 Å². The maximum atomic E-state index is 12.1. The summed E-state index contributed by atoms with van der Waals surface area (Å²) in [7, 11) is 0. The summed E-state index contributed by atoms with van der Waals surface area (Å²) in [5.74, 6) is -0.881. The number of carbonyl (C=O) groups excluding carboxylic acids is 2. The van der Waals surface area contributed by atoms with E-state index in [9.17, 15) is 9.59 Å². The SMILES string of the molecule is NC(=O)c1ccccc1OCc1noc(C(=O)NCc2cccc(Cl)c2)n1. The molecule has 138 valence electrons. The number of aromatic nitrogens is 2. The van der Waals surface area contributed by atoms with Gasteiger partial charge in [-0.15, -0.1) is 0 Å². The van der Waals surface area contributed by atoms with Crippen molar-refractivity contribution in [2.75, 3.05) is 0 Å². The molecule has 9 heteroatoms. The van der Waals surface area contributed by atoms with Crippen LogP contribution in [0.4, 0.5) is 0 Å². The number of nitrogens with one attached hydrogen (secondary N) is 1. The number of ether oxygens (including phenoxy) is 1. The first kappa shape index (κ1) is 18.4. The summed E-state index contributed by atoms with van der Waals surface area (Å²) in [6, 6.07) is 13.6. The van der Waals surface area contributed by atoms with Crippen LogP contribution in [0.1, 0.15) is 32.4 Å². The predicted molar refractivity (Wildman–Crippen MR) is 96.2 cm³/mol. The summed E-state index contributed by atoms with van der Waals surface area (Å²) >= 11 is 5.90. The second kappa shape index (κ2) is 8.33. The van der Waals surface area contributed by atoms with E-state index in [1.807, 2.05) is 6.07 Å². The van der Waals surface area contributed by atoms with Crippen molar-refractivity contribution in [3.8, 4) is 5.75 Å². The first-order valence-corrected chi connectivity index (χ1v) is 8.27. The standard InChI is InChI=1S/C18H15ClN4O4/c19-12-5-3-4-11(8-12)9-21-17(25)18-22-15(23-27-18)10-26-14-7-2-1-6-13(14)16(20)24/h1-8H,9-10H2,(H2,20,24)(H,21,25). The summed E-state index contributed by atoms with van der Waals surface area (Å²) in [4.78, 5) is 27.4. The average molecular weight is 387 g/mol. The molecule has 3 rings (SSSR count). The van der Waals surface area contributed by atoms with E-state index in [0.29, 0.717) is 10.8 Å². The zero-order valence-corrected chi connectivity index (χ0v) is 14.8. The highest BCUT2D eigenvalue weighted by atomic mass is 35.5. The summed E-state index contributed by atoms with van der Waals surface area (Å²) < 4.78 is 10.4. The minimum atomic E-state index is -0.611. The Morgan fingerprint density at radius 3 is 2.78 bits per heavy atom. The van der Waals surface area contributed by atoms with Gasteiger partial charge in [0.05, 0.1) is 5.56 Å². The second-order valence-corrected chi connectivity index (χ2v) is 5.91. The second-order valence-electron chi connectivity index (χ2n) is 5.48. The Bertz CT molecular complexity index is 973. The van der Waals surface area contributed by atoms with Crippen LogP contribution < -0.4 is 15.8 Å². The lowest BCUT2D eigenvalue weighted by atomic mass is 10.2. The van der Waals surface area contributed by atoms with Crippen molar-refractivity contribution in [2.24, 2.45) is 5.73 Å². The van der Waals surface area contributed by atoms with Gasteiger partial charge < -0.3 is 20.3 Å². The van der Waals surface area contributed by atoms with E-state index in [1.54, 1.807) is 42.5 Å². The first-order chi connectivity index (χ1) is 13.0. The van der Waals surface area contributed by atoms with Crippen molar-refractivity contribution in [3.05, 3.63) is 76.4 Å². The molecule has 2 aromatic carbocycles. The number of halogens is 1. The normalized spacial score (nSPS) is 10.4. The van der Waals surface area contributed by atoms with Gasteiger partial charge in [0.1, 0.15) is 5.75 Å². The van der Waals surface area contributed by atoms with Crippen LogP contribution in [0.2, 0.25) is 5.02 Å². The van der Waals surface area contributed by atoms with Crippen molar-refractivity contribution >= 4 is 23.4 Å². The van der Waals surface area contributed by atoms with Gasteiger partial charge in [-0.1, -0.05) is 41.0 Å². The van der Waals surface area contributed by atoms with E-state index < -0.39 is 11.8 Å². The van der Waals surface area contributed by atoms with Gasteiger partial charge >= 0.3 is 11.8 Å². The van der Waals surface area contributed by atoms with Crippen LogP contribution in [0, 0.1) is 0 Å². The minimum absolute atomic E-state index is 0.0879. The number of rotatable bonds is 7. The Labute approximate surface area is 159 Å². The largest absolute Gasteiger partial charge is 0.485 e. The zero-order chi connectivity index (χ0) is 19.2. The van der Waals surface area contributed by atoms with Crippen LogP contribution in [0.15, 0.2) is 53.1 Å². The summed E-state index contributed by atoms with van der Waals surface area (Å²) in [6.45, 7) is 0.176. The van der Waals surface area contributed by atoms with Crippen LogP contribution in [0.3, 0.4) is 0 Å². The van der Waals surface area contributed by atoms with Gasteiger partial charge in [-0.05, 0) is 29.8 Å². The number of amides is 2. The van der Waals surface area contributed by atoms with Gasteiger partial charge in [-0.3, -0.25) is 9.59 Å². The van der Waals surface area contributed by atoms with Crippen LogP contribution >= 0.6 is 11.6 Å². The Morgan fingerprint density at radius 2 is 2.00 bits per heavy atom. The molecule has 0 aliphatic carbocycles. The highest BCUT2D eigenvalue weighted by Crippen LogP contribution is 2.18. The van der Waals surface area contributed by atoms with E-state index >= 15 is 0 Å². The third-order valence-electron chi connectivity index (χ3n) is 3.51. The fraction of sp³-hybridized carbons (Fsp3) is 0.111. The molecule has 3 N–H and O–H groups in total. The third-order valence-corrected chi connectivity index (χ3v) is 3.75. The van der Waals surface area contributed by atoms with Crippen LogP contribution in [0.25, 0.3) is 0 Å². The maximum absolute atomic E-state index is 12.1. The number of carbonyl (C=O) groups is 2. The van der Waals surface area contributed by atoms with E-state index in [0.717, 1.165) is 5.56 Å². The van der Waals surface area contributed by atoms with Gasteiger partial charge in [-0.25, -0.2) is 0 Å². The van der Waals surface area contributed by atoms with E-state index in [4.69, 9.17) is 26.6 Å². The fourth-order valence-corrected chi connectivity index (χ4v) is 2.46. The van der Waals surface area contributed by atoms with Crippen LogP contribution in [-0.2, 0) is 13.2 Å². The molecular formula is C18H15ClN4O4. The highest BCUT2D eigenvalue weighted by Gasteiger charge is 2.16. The smallest absolute Gasteiger partial charge is 0.316 e. The zero-order valence-electron chi connectivity index (χ0n) is 14.0. The Balaban J connectivity index is 1.58. The number of primary amides is 1. The first-order valence-electron chi connectivity index (χ1n) is 7.90. The minimum Gasteiger partial charge on any atom is -0.485 e. The van der Waals surface area contributed by atoms with Crippen LogP contribution in [-0.4, -0.2) is 22.0 Å². The molecule has 0 saturated carbocycles. The molecule has 8 nitrogen and oxygen atoms in total. The molecule has 0 aliphatic rings. The van der Waals surface area contributed by atoms with E-state index in [2.05, 4.69) is 15.5 Å². The van der Waals surface area contributed by atoms with Gasteiger partial charge in [0.2, 0.25) is 5.82 Å². The van der Waals surface area contributed by atoms with Crippen molar-refractivity contribution in [1.29, 1.82) is 0 Å². The Morgan fingerprint density at radius 1 is 1.19 bits per heavy atom. The molecule has 0 saturated heterocycles. The fourth-order valence-electron chi connectivity index (χ4n) is 2.25. The number of benzene rings is 2. The highest BCUT2D eigenvalue weighted by molar-refractivity contribution is 6.30. The molecule has 0 aliphatic heterocycles. The molecule has 3 aromatic rings. The lowest BCUT2D eigenvalue weighted by Gasteiger charge is -2.06. The maximum Gasteiger partial charge on any atom is 0.316 e. The molecule has 0 unspecified atom stereocenters. The van der Waals surface area contributed by atoms with Gasteiger partial charge in [0.25, 0.3) is 5.91 Å². The van der Waals surface area contributed by atoms with Gasteiger partial charge in [-0.2, -0.15) is 4.98 Å². The topological polar surface area (TPSA) is 120 Å². The van der Waals surface area contributed by atoms with Crippen molar-refractivity contribution in [2.45, 2.75) is 13.2 Å². The number of nitrogens with two attached hydrogens (primary N) is 1. The molecule has 0 atom stereocenters. The summed E-state index contributed by atoms with van der Waals surface area (Å²) in [5.41, 5.74) is 6.36. The van der Waals surface area contributed by atoms with Crippen molar-refractivity contribution < 1.29 is 18.8 Å². The molecule has 0 bridgehead atoms. The molecule has 0 radical (unpaired) electrons. The molecule has 1 aromatic heterocycles. The predicted octanol–water partition coefficient (Wildman–Crippen LogP) is 2.33. The quantitative estimate of drug-likeness (QED) is 0.642. The lowest BCUT2D eigenvalue weighted by Crippen LogP contribution is -2.23. The molecule has 1 heterocycles. The average Bonchev–Trinajstić information content (AvgIpc) is 3.14. The van der Waals surface area contributed by atoms with Crippen LogP contribution in [0.5, 0.6) is 5.75 Å². The third kappa shape index (κ3) is 4.83. The van der Waals surface area contributed by atoms with Gasteiger partial charge in [0.15, 0.2) is 6.61 Å². The summed E-state index contributed by atoms with van der Waals surface area (Å²) in [6.07, 6.45) is 0. The monoisotopic (exact) mass is 386 g/mol. The number of hydrogen-bond donors (Lipinski definition) is 2. The van der Waals surface area contributed by atoms with E-state index in [1.165, 1.54) is 0 Å². The van der Waals surface area contributed by atoms with E-state index in [-0.39, 0.29) is 30.4 Å². The molecule has 0 fully saturated rings. The Hall–Kier alpha value is -3.39. The molecular weight excluding hydrogens is 372 g/mol. The molecule has 2 amide bonds. The lowest BCUT2D eigenvalue weighted by molar-refractivity contribution is 0.0906. The summed E-state index contributed by atoms with van der Waals surface area (Å²) in [5, 5.41) is 6.92. The molecule has 27 heavy (non-hydrogen) atoms. The number of para-hydroxylation sites is 1. The Kier molecular flexibility index (Phi) is 5.68. The molecule has 0 spiro atoms. The van der Waals surface area contributed by atoms with Crippen molar-refractivity contribution in [1.82, 2.24) is 15.5 Å². The number of hydrogen-bond acceptors (Lipinski definition) is 6. The van der Waals surface area contributed by atoms with Gasteiger partial charge in [0, 0.05) is 11.6 Å².